The second-order valence-corrected chi connectivity index (χ2v) is 11.3. The van der Waals surface area contributed by atoms with Gasteiger partial charge in [-0.25, -0.2) is 4.98 Å². The molecule has 3 N–H and O–H groups in total. The van der Waals surface area contributed by atoms with Crippen molar-refractivity contribution in [3.05, 3.63) is 34.6 Å². The normalized spacial score (nSPS) is 29.1. The fourth-order valence-electron chi connectivity index (χ4n) is 6.09. The first-order valence-corrected chi connectivity index (χ1v) is 12.8. The second-order valence-electron chi connectivity index (χ2n) is 10.2. The second kappa shape index (κ2) is 9.79. The molecule has 0 radical (unpaired) electrons. The number of aromatic nitrogens is 2. The van der Waals surface area contributed by atoms with E-state index in [0.29, 0.717) is 24.0 Å². The largest absolute Gasteiger partial charge is 0.392 e. The maximum absolute atomic E-state index is 12.7. The van der Waals surface area contributed by atoms with Crippen LogP contribution in [0.25, 0.3) is 0 Å². The Morgan fingerprint density at radius 3 is 2.88 bits per heavy atom. The van der Waals surface area contributed by atoms with Gasteiger partial charge in [-0.3, -0.25) is 14.9 Å². The zero-order valence-corrected chi connectivity index (χ0v) is 21.4. The molecule has 2 aromatic heterocycles. The van der Waals surface area contributed by atoms with Crippen LogP contribution in [0.1, 0.15) is 60.6 Å². The number of carbonyl (C=O) groups is 2. The van der Waals surface area contributed by atoms with Crippen molar-refractivity contribution in [3.63, 3.8) is 0 Å². The maximum atomic E-state index is 12.7. The number of rotatable bonds is 7. The first-order chi connectivity index (χ1) is 16.2. The number of thiazole rings is 1. The van der Waals surface area contributed by atoms with E-state index in [-0.39, 0.29) is 40.9 Å². The van der Waals surface area contributed by atoms with Crippen LogP contribution in [0.2, 0.25) is 0 Å². The molecule has 6 atom stereocenters. The lowest BCUT2D eigenvalue weighted by atomic mass is 9.53. The van der Waals surface area contributed by atoms with E-state index in [0.717, 1.165) is 25.0 Å². The molecular formula is C25H36N4O4S. The number of nitrogens with zero attached hydrogens (tertiary/aromatic N) is 2. The van der Waals surface area contributed by atoms with Gasteiger partial charge < -0.3 is 19.7 Å². The van der Waals surface area contributed by atoms with Gasteiger partial charge in [0.2, 0.25) is 5.91 Å². The lowest BCUT2D eigenvalue weighted by Crippen LogP contribution is -2.53. The average molecular weight is 489 g/mol. The van der Waals surface area contributed by atoms with Crippen LogP contribution in [0.3, 0.4) is 0 Å². The van der Waals surface area contributed by atoms with Crippen molar-refractivity contribution in [2.24, 2.45) is 30.2 Å². The predicted octanol–water partition coefficient (Wildman–Crippen LogP) is 3.19. The standard InChI is InChI=1S/C25H36N4O4S/c1-14(22(31)26-10-12-33-5)16-8-9-25(3)13-18-20(15(2)19(25)21(16)30)27-24(34-18)28-23(32)17-7-6-11-29(17)4/h6-7,11,14-16,19,21,30H,8-10,12-13H2,1-5H3,(H,26,31)(H,27,28,32)/t14-,15-,16?,19+,21-,25-/m0/s1. The highest BCUT2D eigenvalue weighted by Crippen LogP contribution is 2.57. The molecule has 2 aromatic rings. The van der Waals surface area contributed by atoms with Crippen LogP contribution < -0.4 is 10.6 Å². The van der Waals surface area contributed by atoms with Gasteiger partial charge >= 0.3 is 0 Å². The molecule has 0 aromatic carbocycles. The lowest BCUT2D eigenvalue weighted by Gasteiger charge is -2.53. The van der Waals surface area contributed by atoms with Crippen molar-refractivity contribution in [3.8, 4) is 0 Å². The number of aryl methyl sites for hydroxylation is 1. The van der Waals surface area contributed by atoms with Crippen molar-refractivity contribution < 1.29 is 19.4 Å². The number of nitrogens with one attached hydrogen (secondary N) is 2. The molecule has 0 bridgehead atoms. The summed E-state index contributed by atoms with van der Waals surface area (Å²) < 4.78 is 6.81. The number of carbonyl (C=O) groups excluding carboxylic acids is 2. The van der Waals surface area contributed by atoms with Gasteiger partial charge in [-0.05, 0) is 48.6 Å². The lowest BCUT2D eigenvalue weighted by molar-refractivity contribution is -0.135. The van der Waals surface area contributed by atoms with Crippen molar-refractivity contribution in [2.75, 3.05) is 25.6 Å². The van der Waals surface area contributed by atoms with E-state index in [2.05, 4.69) is 24.5 Å². The molecular weight excluding hydrogens is 452 g/mol. The zero-order valence-electron chi connectivity index (χ0n) is 20.6. The van der Waals surface area contributed by atoms with E-state index in [9.17, 15) is 14.7 Å². The third-order valence-electron chi connectivity index (χ3n) is 7.98. The van der Waals surface area contributed by atoms with Crippen molar-refractivity contribution in [1.29, 1.82) is 0 Å². The fourth-order valence-corrected chi connectivity index (χ4v) is 7.35. The molecule has 2 aliphatic carbocycles. The van der Waals surface area contributed by atoms with Crippen LogP contribution in [0.5, 0.6) is 0 Å². The van der Waals surface area contributed by atoms with Gasteiger partial charge in [0.1, 0.15) is 5.69 Å². The Balaban J connectivity index is 1.51. The van der Waals surface area contributed by atoms with Crippen molar-refractivity contribution in [1.82, 2.24) is 14.9 Å². The van der Waals surface area contributed by atoms with E-state index in [1.807, 2.05) is 26.2 Å². The third kappa shape index (κ3) is 4.53. The van der Waals surface area contributed by atoms with Crippen LogP contribution in [0.4, 0.5) is 5.13 Å². The number of aliphatic hydroxyl groups excluding tert-OH is 1. The molecule has 2 aliphatic rings. The minimum atomic E-state index is -0.590. The van der Waals surface area contributed by atoms with Crippen LogP contribution in [-0.2, 0) is 23.0 Å². The maximum Gasteiger partial charge on any atom is 0.274 e. The average Bonchev–Trinajstić information content (AvgIpc) is 3.39. The Morgan fingerprint density at radius 2 is 2.21 bits per heavy atom. The third-order valence-corrected chi connectivity index (χ3v) is 8.97. The van der Waals surface area contributed by atoms with Gasteiger partial charge in [0.15, 0.2) is 5.13 Å². The molecule has 0 saturated heterocycles. The van der Waals surface area contributed by atoms with E-state index in [4.69, 9.17) is 9.72 Å². The number of anilines is 1. The summed E-state index contributed by atoms with van der Waals surface area (Å²) >= 11 is 1.54. The summed E-state index contributed by atoms with van der Waals surface area (Å²) in [7, 11) is 3.45. The highest BCUT2D eigenvalue weighted by molar-refractivity contribution is 7.15. The van der Waals surface area contributed by atoms with Gasteiger partial charge in [0.05, 0.1) is 18.4 Å². The quantitative estimate of drug-likeness (QED) is 0.519. The molecule has 1 unspecified atom stereocenters. The number of fused-ring (bicyclic) bond motifs is 2. The Hall–Kier alpha value is -2.23. The number of hydrogen-bond donors (Lipinski definition) is 3. The number of ether oxygens (including phenoxy) is 1. The van der Waals surface area contributed by atoms with Gasteiger partial charge in [-0.2, -0.15) is 0 Å². The van der Waals surface area contributed by atoms with Gasteiger partial charge in [-0.1, -0.05) is 20.8 Å². The van der Waals surface area contributed by atoms with E-state index >= 15 is 0 Å². The first kappa shape index (κ1) is 24.9. The topological polar surface area (TPSA) is 105 Å². The Bertz CT molecular complexity index is 1050. The summed E-state index contributed by atoms with van der Waals surface area (Å²) in [6, 6.07) is 3.62. The molecule has 0 aliphatic heterocycles. The highest BCUT2D eigenvalue weighted by atomic mass is 32.1. The molecule has 2 heterocycles. The van der Waals surface area contributed by atoms with Crippen molar-refractivity contribution in [2.45, 2.75) is 52.1 Å². The molecule has 9 heteroatoms. The number of methoxy groups -OCH3 is 1. The summed E-state index contributed by atoms with van der Waals surface area (Å²) in [5.41, 5.74) is 1.48. The van der Waals surface area contributed by atoms with Crippen LogP contribution in [0, 0.1) is 23.2 Å². The summed E-state index contributed by atoms with van der Waals surface area (Å²) in [4.78, 5) is 31.3. The monoisotopic (exact) mass is 488 g/mol. The SMILES string of the molecule is COCCNC(=O)[C@@H](C)C1CC[C@@]2(C)Cc3sc(NC(=O)c4cccn4C)nc3[C@@H](C)[C@@H]2[C@H]1O. The van der Waals surface area contributed by atoms with E-state index < -0.39 is 6.10 Å². The van der Waals surface area contributed by atoms with Gasteiger partial charge in [-0.15, -0.1) is 11.3 Å². The van der Waals surface area contributed by atoms with Gasteiger partial charge in [0.25, 0.3) is 5.91 Å². The summed E-state index contributed by atoms with van der Waals surface area (Å²) in [6.45, 7) is 7.23. The van der Waals surface area contributed by atoms with Gasteiger partial charge in [0, 0.05) is 43.6 Å². The summed E-state index contributed by atoms with van der Waals surface area (Å²) in [5, 5.41) is 18.0. The van der Waals surface area contributed by atoms with E-state index in [1.54, 1.807) is 17.7 Å². The zero-order chi connectivity index (χ0) is 24.6. The minimum Gasteiger partial charge on any atom is -0.392 e. The van der Waals surface area contributed by atoms with Crippen LogP contribution in [0.15, 0.2) is 18.3 Å². The molecule has 8 nitrogen and oxygen atoms in total. The Kier molecular flexibility index (Phi) is 7.17. The fraction of sp³-hybridized carbons (Fsp3) is 0.640. The van der Waals surface area contributed by atoms with Crippen LogP contribution in [-0.4, -0.2) is 52.8 Å². The summed E-state index contributed by atoms with van der Waals surface area (Å²) in [6.07, 6.45) is 3.83. The smallest absolute Gasteiger partial charge is 0.274 e. The molecule has 1 fully saturated rings. The molecule has 34 heavy (non-hydrogen) atoms. The van der Waals surface area contributed by atoms with E-state index in [1.165, 1.54) is 16.2 Å². The molecule has 2 amide bonds. The van der Waals surface area contributed by atoms with Crippen LogP contribution >= 0.6 is 11.3 Å². The minimum absolute atomic E-state index is 0.00602. The highest BCUT2D eigenvalue weighted by Gasteiger charge is 2.53. The molecule has 4 rings (SSSR count). The van der Waals surface area contributed by atoms with Crippen molar-refractivity contribution >= 4 is 28.3 Å². The number of amides is 2. The molecule has 1 saturated carbocycles. The summed E-state index contributed by atoms with van der Waals surface area (Å²) in [5.74, 6) is -0.546. The Labute approximate surface area is 205 Å². The number of hydrogen-bond acceptors (Lipinski definition) is 6. The first-order valence-electron chi connectivity index (χ1n) is 12.0. The molecule has 0 spiro atoms. The molecule has 186 valence electrons. The Morgan fingerprint density at radius 1 is 1.44 bits per heavy atom. The predicted molar refractivity (Wildman–Crippen MR) is 132 cm³/mol. The number of aliphatic hydroxyl groups is 1.